The smallest absolute Gasteiger partial charge is 0.279 e. The fourth-order valence-corrected chi connectivity index (χ4v) is 2.96. The lowest BCUT2D eigenvalue weighted by Crippen LogP contribution is -3.08. The molecule has 23 heavy (non-hydrogen) atoms. The van der Waals surface area contributed by atoms with E-state index in [1.54, 1.807) is 31.4 Å². The normalized spacial score (nSPS) is 11.8. The largest absolute Gasteiger partial charge is 0.496 e. The van der Waals surface area contributed by atoms with Crippen molar-refractivity contribution in [1.29, 1.82) is 0 Å². The molecule has 0 aromatic heterocycles. The van der Waals surface area contributed by atoms with Crippen LogP contribution in [0.1, 0.15) is 5.56 Å². The predicted octanol–water partition coefficient (Wildman–Crippen LogP) is 2.76. The van der Waals surface area contributed by atoms with Crippen LogP contribution in [0, 0.1) is 0 Å². The monoisotopic (exact) mass is 397 g/mol. The fourth-order valence-electron chi connectivity index (χ4n) is 2.24. The fraction of sp³-hybridized carbons (Fsp3) is 0.235. The average molecular weight is 399 g/mol. The van der Waals surface area contributed by atoms with Crippen molar-refractivity contribution in [3.05, 3.63) is 57.5 Å². The summed E-state index contributed by atoms with van der Waals surface area (Å²) in [5, 5.41) is 3.52. The molecule has 1 unspecified atom stereocenters. The molecule has 2 rings (SSSR count). The van der Waals surface area contributed by atoms with Crippen LogP contribution in [0.2, 0.25) is 5.02 Å². The van der Waals surface area contributed by atoms with E-state index in [1.807, 2.05) is 25.2 Å². The minimum atomic E-state index is -0.0302. The molecule has 122 valence electrons. The van der Waals surface area contributed by atoms with Gasteiger partial charge >= 0.3 is 0 Å². The summed E-state index contributed by atoms with van der Waals surface area (Å²) in [5.74, 6) is 0.768. The van der Waals surface area contributed by atoms with E-state index in [-0.39, 0.29) is 5.91 Å². The third-order valence-electron chi connectivity index (χ3n) is 3.31. The van der Waals surface area contributed by atoms with Crippen molar-refractivity contribution in [3.63, 3.8) is 0 Å². The Balaban J connectivity index is 1.88. The number of rotatable bonds is 6. The Bertz CT molecular complexity index is 677. The van der Waals surface area contributed by atoms with E-state index in [1.165, 1.54) is 0 Å². The molecule has 2 N–H and O–H groups in total. The Morgan fingerprint density at radius 3 is 2.57 bits per heavy atom. The van der Waals surface area contributed by atoms with Gasteiger partial charge in [0.25, 0.3) is 5.91 Å². The van der Waals surface area contributed by atoms with Gasteiger partial charge in [-0.2, -0.15) is 0 Å². The lowest BCUT2D eigenvalue weighted by molar-refractivity contribution is -0.885. The van der Waals surface area contributed by atoms with E-state index in [4.69, 9.17) is 16.3 Å². The van der Waals surface area contributed by atoms with Gasteiger partial charge < -0.3 is 15.0 Å². The molecule has 4 nitrogen and oxygen atoms in total. The van der Waals surface area contributed by atoms with Crippen LogP contribution >= 0.6 is 27.5 Å². The molecule has 0 bridgehead atoms. The Kier molecular flexibility index (Phi) is 6.45. The van der Waals surface area contributed by atoms with Crippen LogP contribution in [0.3, 0.4) is 0 Å². The Hall–Kier alpha value is -1.56. The number of halogens is 2. The maximum Gasteiger partial charge on any atom is 0.279 e. The third-order valence-corrected chi connectivity index (χ3v) is 4.18. The Labute approximate surface area is 149 Å². The van der Waals surface area contributed by atoms with Gasteiger partial charge in [-0.05, 0) is 58.4 Å². The number of hydrogen-bond donors (Lipinski definition) is 2. The number of methoxy groups -OCH3 is 1. The van der Waals surface area contributed by atoms with Gasteiger partial charge in [0.2, 0.25) is 0 Å². The van der Waals surface area contributed by atoms with E-state index in [2.05, 4.69) is 21.2 Å². The van der Waals surface area contributed by atoms with Crippen LogP contribution in [0.25, 0.3) is 0 Å². The van der Waals surface area contributed by atoms with Gasteiger partial charge in [0.1, 0.15) is 12.3 Å². The lowest BCUT2D eigenvalue weighted by Gasteiger charge is -2.14. The first kappa shape index (κ1) is 17.8. The molecule has 0 radical (unpaired) electrons. The molecule has 2 aromatic rings. The highest BCUT2D eigenvalue weighted by molar-refractivity contribution is 9.10. The first-order chi connectivity index (χ1) is 11.0. The van der Waals surface area contributed by atoms with Crippen molar-refractivity contribution in [2.24, 2.45) is 0 Å². The van der Waals surface area contributed by atoms with Crippen LogP contribution in [0.15, 0.2) is 46.9 Å². The number of carbonyl (C=O) groups is 1. The number of carbonyl (C=O) groups excluding carboxylic acids is 1. The van der Waals surface area contributed by atoms with Crippen LogP contribution < -0.4 is 15.0 Å². The minimum absolute atomic E-state index is 0.0302. The zero-order valence-electron chi connectivity index (χ0n) is 13.0. The van der Waals surface area contributed by atoms with Gasteiger partial charge in [-0.3, -0.25) is 4.79 Å². The summed E-state index contributed by atoms with van der Waals surface area (Å²) in [6.07, 6.45) is 0. The summed E-state index contributed by atoms with van der Waals surface area (Å²) >= 11 is 9.30. The molecule has 0 saturated heterocycles. The van der Waals surface area contributed by atoms with E-state index in [0.717, 1.165) is 32.9 Å². The highest BCUT2D eigenvalue weighted by Crippen LogP contribution is 2.25. The first-order valence-corrected chi connectivity index (χ1v) is 8.34. The highest BCUT2D eigenvalue weighted by Gasteiger charge is 2.12. The third kappa shape index (κ3) is 5.53. The molecule has 0 spiro atoms. The van der Waals surface area contributed by atoms with E-state index in [0.29, 0.717) is 11.6 Å². The molecular weight excluding hydrogens is 380 g/mol. The number of amides is 1. The van der Waals surface area contributed by atoms with E-state index < -0.39 is 0 Å². The molecule has 1 atom stereocenters. The van der Waals surface area contributed by atoms with Crippen molar-refractivity contribution in [2.45, 2.75) is 6.54 Å². The number of anilines is 1. The zero-order valence-corrected chi connectivity index (χ0v) is 15.4. The highest BCUT2D eigenvalue weighted by atomic mass is 79.9. The van der Waals surface area contributed by atoms with E-state index >= 15 is 0 Å². The second kappa shape index (κ2) is 8.34. The van der Waals surface area contributed by atoms with Crippen LogP contribution in [-0.2, 0) is 11.3 Å². The average Bonchev–Trinajstić information content (AvgIpc) is 2.49. The second-order valence-corrected chi connectivity index (χ2v) is 6.63. The van der Waals surface area contributed by atoms with Crippen LogP contribution in [0.4, 0.5) is 5.69 Å². The lowest BCUT2D eigenvalue weighted by atomic mass is 10.2. The molecule has 0 aliphatic heterocycles. The standard InChI is InChI=1S/C17H18BrClN2O2/c1-21(10-12-3-8-16(23-2)15(18)9-12)11-17(22)20-14-6-4-13(19)5-7-14/h3-9H,10-11H2,1-2H3,(H,20,22)/p+1. The SMILES string of the molecule is COc1ccc(C[NH+](C)CC(=O)Nc2ccc(Cl)cc2)cc1Br. The zero-order chi connectivity index (χ0) is 16.8. The molecule has 6 heteroatoms. The quantitative estimate of drug-likeness (QED) is 0.786. The van der Waals surface area contributed by atoms with Gasteiger partial charge in [0.15, 0.2) is 6.54 Å². The minimum Gasteiger partial charge on any atom is -0.496 e. The van der Waals surface area contributed by atoms with Crippen molar-refractivity contribution >= 4 is 39.1 Å². The second-order valence-electron chi connectivity index (χ2n) is 5.33. The molecule has 0 aliphatic carbocycles. The van der Waals surface area contributed by atoms with Crippen LogP contribution in [-0.4, -0.2) is 26.6 Å². The van der Waals surface area contributed by atoms with Crippen LogP contribution in [0.5, 0.6) is 5.75 Å². The Morgan fingerprint density at radius 1 is 1.26 bits per heavy atom. The Morgan fingerprint density at radius 2 is 1.96 bits per heavy atom. The molecule has 0 saturated carbocycles. The summed E-state index contributed by atoms with van der Waals surface area (Å²) < 4.78 is 6.13. The first-order valence-electron chi connectivity index (χ1n) is 7.17. The van der Waals surface area contributed by atoms with Gasteiger partial charge in [-0.1, -0.05) is 11.6 Å². The summed E-state index contributed by atoms with van der Waals surface area (Å²) in [4.78, 5) is 13.2. The number of benzene rings is 2. The number of likely N-dealkylation sites (N-methyl/N-ethyl adjacent to an activating group) is 1. The molecule has 2 aromatic carbocycles. The van der Waals surface area contributed by atoms with Crippen molar-refractivity contribution in [1.82, 2.24) is 0 Å². The van der Waals surface area contributed by atoms with Gasteiger partial charge in [-0.15, -0.1) is 0 Å². The molecule has 1 amide bonds. The summed E-state index contributed by atoms with van der Waals surface area (Å²) in [6, 6.07) is 13.0. The summed E-state index contributed by atoms with van der Waals surface area (Å²) in [7, 11) is 3.62. The topological polar surface area (TPSA) is 42.8 Å². The summed E-state index contributed by atoms with van der Waals surface area (Å²) in [5.41, 5.74) is 1.88. The van der Waals surface area contributed by atoms with Gasteiger partial charge in [-0.25, -0.2) is 0 Å². The summed E-state index contributed by atoms with van der Waals surface area (Å²) in [6.45, 7) is 1.13. The number of hydrogen-bond acceptors (Lipinski definition) is 2. The van der Waals surface area contributed by atoms with Gasteiger partial charge in [0.05, 0.1) is 18.6 Å². The molecule has 0 heterocycles. The van der Waals surface area contributed by atoms with E-state index in [9.17, 15) is 4.79 Å². The van der Waals surface area contributed by atoms with Gasteiger partial charge in [0, 0.05) is 16.3 Å². The number of ether oxygens (including phenoxy) is 1. The molecular formula is C17H19BrClN2O2+. The predicted molar refractivity (Wildman–Crippen MR) is 96.2 cm³/mol. The number of nitrogens with one attached hydrogen (secondary N) is 2. The van der Waals surface area contributed by atoms with Crippen molar-refractivity contribution in [2.75, 3.05) is 26.0 Å². The number of quaternary nitrogens is 1. The molecule has 0 aliphatic rings. The van der Waals surface area contributed by atoms with Crippen molar-refractivity contribution < 1.29 is 14.4 Å². The molecule has 0 fully saturated rings. The maximum absolute atomic E-state index is 12.1. The van der Waals surface area contributed by atoms with Crippen molar-refractivity contribution in [3.8, 4) is 5.75 Å². The maximum atomic E-state index is 12.1.